The number of carboxylic acids is 1. The van der Waals surface area contributed by atoms with Crippen molar-refractivity contribution in [3.05, 3.63) is 35.5 Å². The summed E-state index contributed by atoms with van der Waals surface area (Å²) in [6, 6.07) is 8.34. The number of nitrogens with one attached hydrogen (secondary N) is 1. The standard InChI is InChI=1S/C14H15N3.C2HF3O2/c15-7-9-1-4-14-12(5-9)13(8-17-14)10-2-3-11(16)6-10;3-2(4,5)1(6)7/h1,4-5,8,10-11,17H,2-3,6,16H2;(H,6,7). The normalized spacial score (nSPS) is 20.3. The number of hydrogen-bond acceptors (Lipinski definition) is 3. The number of aromatic amines is 1. The van der Waals surface area contributed by atoms with Crippen molar-refractivity contribution in [1.29, 1.82) is 5.26 Å². The van der Waals surface area contributed by atoms with Gasteiger partial charge in [-0.2, -0.15) is 18.4 Å². The van der Waals surface area contributed by atoms with Crippen LogP contribution in [0.4, 0.5) is 13.2 Å². The smallest absolute Gasteiger partial charge is 0.475 e. The number of nitrogens with zero attached hydrogens (tertiary/aromatic N) is 1. The number of rotatable bonds is 1. The molecular formula is C16H16F3N3O2. The first kappa shape index (κ1) is 17.8. The van der Waals surface area contributed by atoms with Gasteiger partial charge in [0.2, 0.25) is 0 Å². The molecule has 0 amide bonds. The molecule has 1 aromatic carbocycles. The van der Waals surface area contributed by atoms with Gasteiger partial charge < -0.3 is 15.8 Å². The third-order valence-electron chi connectivity index (χ3n) is 4.00. The first-order chi connectivity index (χ1) is 11.2. The zero-order valence-corrected chi connectivity index (χ0v) is 12.6. The SMILES string of the molecule is N#Cc1ccc2[nH]cc(C3CCC(N)C3)c2c1.O=C(O)C(F)(F)F. The average molecular weight is 339 g/mol. The number of aliphatic carboxylic acids is 1. The molecule has 2 aromatic rings. The highest BCUT2D eigenvalue weighted by molar-refractivity contribution is 5.85. The van der Waals surface area contributed by atoms with E-state index in [0.717, 1.165) is 30.3 Å². The lowest BCUT2D eigenvalue weighted by Gasteiger charge is -2.08. The summed E-state index contributed by atoms with van der Waals surface area (Å²) < 4.78 is 31.7. The number of carbonyl (C=O) groups is 1. The Balaban J connectivity index is 0.000000256. The number of halogens is 3. The van der Waals surface area contributed by atoms with Crippen LogP contribution in [-0.4, -0.2) is 28.3 Å². The lowest BCUT2D eigenvalue weighted by molar-refractivity contribution is -0.192. The summed E-state index contributed by atoms with van der Waals surface area (Å²) in [6.07, 6.45) is 0.318. The van der Waals surface area contributed by atoms with Crippen LogP contribution in [0.15, 0.2) is 24.4 Å². The second-order valence-corrected chi connectivity index (χ2v) is 5.69. The number of carboxylic acid groups (broad SMARTS) is 1. The van der Waals surface area contributed by atoms with E-state index in [1.54, 1.807) is 0 Å². The van der Waals surface area contributed by atoms with E-state index in [-0.39, 0.29) is 0 Å². The van der Waals surface area contributed by atoms with Gasteiger partial charge in [-0.3, -0.25) is 0 Å². The molecule has 128 valence electrons. The van der Waals surface area contributed by atoms with Crippen LogP contribution in [0.25, 0.3) is 10.9 Å². The van der Waals surface area contributed by atoms with E-state index >= 15 is 0 Å². The number of aromatic nitrogens is 1. The first-order valence-corrected chi connectivity index (χ1v) is 7.29. The quantitative estimate of drug-likeness (QED) is 0.742. The van der Waals surface area contributed by atoms with E-state index in [4.69, 9.17) is 20.9 Å². The van der Waals surface area contributed by atoms with Crippen LogP contribution in [0.5, 0.6) is 0 Å². The molecule has 4 N–H and O–H groups in total. The first-order valence-electron chi connectivity index (χ1n) is 7.29. The Morgan fingerprint density at radius 3 is 2.54 bits per heavy atom. The van der Waals surface area contributed by atoms with Crippen molar-refractivity contribution in [2.75, 3.05) is 0 Å². The summed E-state index contributed by atoms with van der Waals surface area (Å²) in [5.74, 6) is -2.21. The molecule has 3 rings (SSSR count). The number of alkyl halides is 3. The summed E-state index contributed by atoms with van der Waals surface area (Å²) in [5, 5.41) is 17.3. The number of hydrogen-bond donors (Lipinski definition) is 3. The molecule has 1 saturated carbocycles. The minimum absolute atomic E-state index is 0.337. The number of H-pyrrole nitrogens is 1. The minimum Gasteiger partial charge on any atom is -0.475 e. The van der Waals surface area contributed by atoms with E-state index in [2.05, 4.69) is 17.3 Å². The monoisotopic (exact) mass is 339 g/mol. The Hall–Kier alpha value is -2.53. The summed E-state index contributed by atoms with van der Waals surface area (Å²) in [4.78, 5) is 12.2. The molecule has 2 atom stereocenters. The van der Waals surface area contributed by atoms with Gasteiger partial charge in [-0.25, -0.2) is 4.79 Å². The third-order valence-corrected chi connectivity index (χ3v) is 4.00. The average Bonchev–Trinajstić information content (AvgIpc) is 3.11. The molecule has 0 saturated heterocycles. The van der Waals surface area contributed by atoms with Gasteiger partial charge in [0.05, 0.1) is 11.6 Å². The Morgan fingerprint density at radius 1 is 1.38 bits per heavy atom. The van der Waals surface area contributed by atoms with Crippen LogP contribution in [0.2, 0.25) is 0 Å². The summed E-state index contributed by atoms with van der Waals surface area (Å²) in [5.41, 5.74) is 9.13. The van der Waals surface area contributed by atoms with Gasteiger partial charge in [-0.15, -0.1) is 0 Å². The maximum Gasteiger partial charge on any atom is 0.490 e. The van der Waals surface area contributed by atoms with E-state index in [0.29, 0.717) is 12.0 Å². The van der Waals surface area contributed by atoms with Crippen LogP contribution in [0, 0.1) is 11.3 Å². The summed E-state index contributed by atoms with van der Waals surface area (Å²) in [6.45, 7) is 0. The highest BCUT2D eigenvalue weighted by Crippen LogP contribution is 2.37. The van der Waals surface area contributed by atoms with Gasteiger partial charge in [-0.1, -0.05) is 0 Å². The lowest BCUT2D eigenvalue weighted by atomic mass is 9.96. The minimum atomic E-state index is -5.08. The molecule has 0 aliphatic heterocycles. The fraction of sp³-hybridized carbons (Fsp3) is 0.375. The highest BCUT2D eigenvalue weighted by atomic mass is 19.4. The largest absolute Gasteiger partial charge is 0.490 e. The predicted molar refractivity (Wildman–Crippen MR) is 81.3 cm³/mol. The van der Waals surface area contributed by atoms with Crippen molar-refractivity contribution in [3.8, 4) is 6.07 Å². The Morgan fingerprint density at radius 2 is 2.04 bits per heavy atom. The van der Waals surface area contributed by atoms with Gasteiger partial charge in [0.1, 0.15) is 0 Å². The van der Waals surface area contributed by atoms with Gasteiger partial charge >= 0.3 is 12.1 Å². The third kappa shape index (κ3) is 4.06. The molecule has 5 nitrogen and oxygen atoms in total. The van der Waals surface area contributed by atoms with Crippen molar-refractivity contribution in [2.45, 2.75) is 37.4 Å². The van der Waals surface area contributed by atoms with Crippen LogP contribution in [0.1, 0.15) is 36.3 Å². The van der Waals surface area contributed by atoms with Gasteiger partial charge in [0.15, 0.2) is 0 Å². The van der Waals surface area contributed by atoms with Crippen molar-refractivity contribution in [1.82, 2.24) is 4.98 Å². The molecule has 0 radical (unpaired) electrons. The number of nitrogens with two attached hydrogens (primary N) is 1. The molecule has 1 heterocycles. The zero-order valence-electron chi connectivity index (χ0n) is 12.6. The second kappa shape index (κ2) is 6.93. The fourth-order valence-electron chi connectivity index (χ4n) is 2.85. The van der Waals surface area contributed by atoms with E-state index in [1.165, 1.54) is 10.9 Å². The van der Waals surface area contributed by atoms with Crippen molar-refractivity contribution in [2.24, 2.45) is 5.73 Å². The molecule has 0 spiro atoms. The van der Waals surface area contributed by atoms with Crippen LogP contribution in [-0.2, 0) is 4.79 Å². The van der Waals surface area contributed by atoms with Crippen LogP contribution < -0.4 is 5.73 Å². The highest BCUT2D eigenvalue weighted by Gasteiger charge is 2.38. The van der Waals surface area contributed by atoms with E-state index in [9.17, 15) is 13.2 Å². The van der Waals surface area contributed by atoms with Crippen LogP contribution in [0.3, 0.4) is 0 Å². The molecule has 1 aliphatic rings. The molecule has 24 heavy (non-hydrogen) atoms. The lowest BCUT2D eigenvalue weighted by Crippen LogP contribution is -2.21. The summed E-state index contributed by atoms with van der Waals surface area (Å²) >= 11 is 0. The van der Waals surface area contributed by atoms with E-state index < -0.39 is 12.1 Å². The van der Waals surface area contributed by atoms with Gasteiger partial charge in [-0.05, 0) is 48.9 Å². The van der Waals surface area contributed by atoms with Crippen molar-refractivity contribution >= 4 is 16.9 Å². The molecule has 1 aliphatic carbocycles. The number of fused-ring (bicyclic) bond motifs is 1. The molecule has 1 fully saturated rings. The Labute approximate surface area is 135 Å². The second-order valence-electron chi connectivity index (χ2n) is 5.69. The Bertz CT molecular complexity index is 777. The van der Waals surface area contributed by atoms with Crippen molar-refractivity contribution < 1.29 is 23.1 Å². The summed E-state index contributed by atoms with van der Waals surface area (Å²) in [7, 11) is 0. The van der Waals surface area contributed by atoms with Gasteiger partial charge in [0.25, 0.3) is 0 Å². The zero-order chi connectivity index (χ0) is 17.9. The molecule has 0 bridgehead atoms. The van der Waals surface area contributed by atoms with Crippen molar-refractivity contribution in [3.63, 3.8) is 0 Å². The topological polar surface area (TPSA) is 103 Å². The van der Waals surface area contributed by atoms with Crippen LogP contribution >= 0.6 is 0 Å². The maximum atomic E-state index is 10.6. The number of nitriles is 1. The molecular weight excluding hydrogens is 323 g/mol. The molecule has 8 heteroatoms. The fourth-order valence-corrected chi connectivity index (χ4v) is 2.85. The van der Waals surface area contributed by atoms with E-state index in [1.807, 2.05) is 18.2 Å². The maximum absolute atomic E-state index is 10.6. The number of benzene rings is 1. The molecule has 2 unspecified atom stereocenters. The molecule has 1 aromatic heterocycles. The van der Waals surface area contributed by atoms with Gasteiger partial charge in [0, 0.05) is 23.1 Å². The predicted octanol–water partition coefficient (Wildman–Crippen LogP) is 3.27. The Kier molecular flexibility index (Phi) is 5.14.